The van der Waals surface area contributed by atoms with E-state index in [-0.39, 0.29) is 12.6 Å². The zero-order valence-electron chi connectivity index (χ0n) is 15.3. The van der Waals surface area contributed by atoms with E-state index in [2.05, 4.69) is 17.1 Å². The van der Waals surface area contributed by atoms with Gasteiger partial charge in [0.25, 0.3) is 0 Å². The number of nitrogens with one attached hydrogen (secondary N) is 1. The lowest BCUT2D eigenvalue weighted by Crippen LogP contribution is -2.43. The highest BCUT2D eigenvalue weighted by atomic mass is 16.5. The molecule has 1 N–H and O–H groups in total. The van der Waals surface area contributed by atoms with Crippen molar-refractivity contribution in [1.82, 2.24) is 10.2 Å². The van der Waals surface area contributed by atoms with Crippen molar-refractivity contribution in [2.75, 3.05) is 33.4 Å². The van der Waals surface area contributed by atoms with E-state index in [1.54, 1.807) is 14.0 Å². The van der Waals surface area contributed by atoms with E-state index in [0.717, 1.165) is 43.2 Å². The summed E-state index contributed by atoms with van der Waals surface area (Å²) in [5, 5.41) is 2.72. The molecule has 0 aromatic heterocycles. The maximum atomic E-state index is 11.9. The summed E-state index contributed by atoms with van der Waals surface area (Å²) in [6, 6.07) is 7.89. The zero-order valence-corrected chi connectivity index (χ0v) is 15.3. The van der Waals surface area contributed by atoms with Crippen LogP contribution in [0.5, 0.6) is 5.75 Å². The summed E-state index contributed by atoms with van der Waals surface area (Å²) < 4.78 is 9.97. The van der Waals surface area contributed by atoms with Crippen molar-refractivity contribution in [2.45, 2.75) is 32.7 Å². The first-order chi connectivity index (χ1) is 12.0. The van der Waals surface area contributed by atoms with E-state index >= 15 is 0 Å². The molecule has 1 aromatic rings. The van der Waals surface area contributed by atoms with E-state index in [9.17, 15) is 9.59 Å². The number of carbonyl (C=O) groups excluding carboxylic acids is 2. The molecule has 1 atom stereocenters. The van der Waals surface area contributed by atoms with Gasteiger partial charge < -0.3 is 14.8 Å². The van der Waals surface area contributed by atoms with Crippen LogP contribution in [-0.4, -0.2) is 50.1 Å². The Hall–Kier alpha value is -2.08. The van der Waals surface area contributed by atoms with Crippen molar-refractivity contribution in [1.29, 1.82) is 0 Å². The molecule has 1 fully saturated rings. The van der Waals surface area contributed by atoms with E-state index in [1.165, 1.54) is 0 Å². The molecule has 0 bridgehead atoms. The first kappa shape index (κ1) is 19.2. The fraction of sp³-hybridized carbons (Fsp3) is 0.579. The lowest BCUT2D eigenvalue weighted by atomic mass is 9.95. The highest BCUT2D eigenvalue weighted by molar-refractivity contribution is 6.32. The van der Waals surface area contributed by atoms with Crippen LogP contribution < -0.4 is 10.1 Å². The highest BCUT2D eigenvalue weighted by Gasteiger charge is 2.26. The monoisotopic (exact) mass is 348 g/mol. The van der Waals surface area contributed by atoms with E-state index < -0.39 is 11.9 Å². The van der Waals surface area contributed by atoms with E-state index in [4.69, 9.17) is 9.47 Å². The van der Waals surface area contributed by atoms with Gasteiger partial charge in [0.1, 0.15) is 5.75 Å². The van der Waals surface area contributed by atoms with Crippen LogP contribution in [0.2, 0.25) is 0 Å². The second-order valence-corrected chi connectivity index (χ2v) is 6.44. The van der Waals surface area contributed by atoms with Gasteiger partial charge in [-0.05, 0) is 56.5 Å². The van der Waals surface area contributed by atoms with Crippen LogP contribution >= 0.6 is 0 Å². The van der Waals surface area contributed by atoms with Gasteiger partial charge in [0, 0.05) is 6.54 Å². The van der Waals surface area contributed by atoms with Crippen LogP contribution in [0.4, 0.5) is 0 Å². The first-order valence-electron chi connectivity index (χ1n) is 8.88. The molecule has 1 aliphatic rings. The van der Waals surface area contributed by atoms with Crippen molar-refractivity contribution in [3.63, 3.8) is 0 Å². The summed E-state index contributed by atoms with van der Waals surface area (Å²) in [5.74, 6) is 0.00111. The number of nitrogens with zero attached hydrogens (tertiary/aromatic N) is 1. The Kier molecular flexibility index (Phi) is 7.25. The lowest BCUT2D eigenvalue weighted by molar-refractivity contribution is -0.154. The van der Waals surface area contributed by atoms with Crippen LogP contribution in [0.3, 0.4) is 0 Å². The number of carbonyl (C=O) groups is 2. The predicted molar refractivity (Wildman–Crippen MR) is 95.3 cm³/mol. The molecule has 0 spiro atoms. The van der Waals surface area contributed by atoms with Crippen LogP contribution in [0.15, 0.2) is 24.3 Å². The first-order valence-corrected chi connectivity index (χ1v) is 8.88. The van der Waals surface area contributed by atoms with Gasteiger partial charge in [-0.2, -0.15) is 0 Å². The topological polar surface area (TPSA) is 67.9 Å². The third-order valence-electron chi connectivity index (χ3n) is 4.68. The molecular formula is C19H28N2O4. The van der Waals surface area contributed by atoms with Crippen molar-refractivity contribution < 1.29 is 19.1 Å². The van der Waals surface area contributed by atoms with Gasteiger partial charge in [0.15, 0.2) is 0 Å². The molecule has 1 aromatic carbocycles. The number of esters is 1. The van der Waals surface area contributed by atoms with Gasteiger partial charge in [-0.3, -0.25) is 9.69 Å². The maximum absolute atomic E-state index is 11.9. The molecular weight excluding hydrogens is 320 g/mol. The van der Waals surface area contributed by atoms with Gasteiger partial charge in [0.05, 0.1) is 19.8 Å². The maximum Gasteiger partial charge on any atom is 0.396 e. The summed E-state index contributed by atoms with van der Waals surface area (Å²) in [6.45, 7) is 6.47. The molecule has 138 valence electrons. The molecule has 0 aliphatic carbocycles. The average Bonchev–Trinajstić information content (AvgIpc) is 2.63. The summed E-state index contributed by atoms with van der Waals surface area (Å²) >= 11 is 0. The SMILES string of the molecule is CCOC(=O)C(=O)NCC(c1ccc(OC)cc1)N1CCC(C)CC1. The summed E-state index contributed by atoms with van der Waals surface area (Å²) in [5.41, 5.74) is 1.10. The van der Waals surface area contributed by atoms with E-state index in [0.29, 0.717) is 6.54 Å². The number of methoxy groups -OCH3 is 1. The fourth-order valence-corrected chi connectivity index (χ4v) is 3.08. The second kappa shape index (κ2) is 9.42. The Labute approximate surface area is 149 Å². The molecule has 1 amide bonds. The van der Waals surface area contributed by atoms with Gasteiger partial charge in [-0.25, -0.2) is 4.79 Å². The quantitative estimate of drug-likeness (QED) is 0.630. The third kappa shape index (κ3) is 5.46. The van der Waals surface area contributed by atoms with Gasteiger partial charge in [0.2, 0.25) is 0 Å². The number of piperidine rings is 1. The lowest BCUT2D eigenvalue weighted by Gasteiger charge is -2.37. The van der Waals surface area contributed by atoms with Crippen LogP contribution in [0.25, 0.3) is 0 Å². The smallest absolute Gasteiger partial charge is 0.396 e. The normalized spacial score (nSPS) is 16.9. The Bertz CT molecular complexity index is 565. The Morgan fingerprint density at radius 1 is 1.24 bits per heavy atom. The summed E-state index contributed by atoms with van der Waals surface area (Å²) in [4.78, 5) is 25.8. The minimum atomic E-state index is -0.830. The van der Waals surface area contributed by atoms with Crippen LogP contribution in [0.1, 0.15) is 38.3 Å². The molecule has 2 rings (SSSR count). The Morgan fingerprint density at radius 3 is 2.44 bits per heavy atom. The Morgan fingerprint density at radius 2 is 1.88 bits per heavy atom. The molecule has 6 heteroatoms. The minimum Gasteiger partial charge on any atom is -0.497 e. The van der Waals surface area contributed by atoms with Crippen molar-refractivity contribution in [3.8, 4) is 5.75 Å². The fourth-order valence-electron chi connectivity index (χ4n) is 3.08. The van der Waals surface area contributed by atoms with Crippen LogP contribution in [0, 0.1) is 5.92 Å². The number of rotatable bonds is 6. The summed E-state index contributed by atoms with van der Waals surface area (Å²) in [7, 11) is 1.64. The molecule has 6 nitrogen and oxygen atoms in total. The van der Waals surface area contributed by atoms with Crippen molar-refractivity contribution >= 4 is 11.9 Å². The average molecular weight is 348 g/mol. The number of hydrogen-bond acceptors (Lipinski definition) is 5. The second-order valence-electron chi connectivity index (χ2n) is 6.44. The number of likely N-dealkylation sites (tertiary alicyclic amines) is 1. The highest BCUT2D eigenvalue weighted by Crippen LogP contribution is 2.27. The standard InChI is InChI=1S/C19H28N2O4/c1-4-25-19(23)18(22)20-13-17(21-11-9-14(2)10-12-21)15-5-7-16(24-3)8-6-15/h5-8,14,17H,4,9-13H2,1-3H3,(H,20,22). The number of benzene rings is 1. The molecule has 0 saturated carbocycles. The van der Waals surface area contributed by atoms with Crippen LogP contribution in [-0.2, 0) is 14.3 Å². The number of ether oxygens (including phenoxy) is 2. The zero-order chi connectivity index (χ0) is 18.2. The molecule has 1 heterocycles. The third-order valence-corrected chi connectivity index (χ3v) is 4.68. The number of hydrogen-bond donors (Lipinski definition) is 1. The van der Waals surface area contributed by atoms with E-state index in [1.807, 2.05) is 24.3 Å². The van der Waals surface area contributed by atoms with Crippen molar-refractivity contribution in [3.05, 3.63) is 29.8 Å². The molecule has 1 saturated heterocycles. The summed E-state index contributed by atoms with van der Waals surface area (Å²) in [6.07, 6.45) is 2.27. The molecule has 0 radical (unpaired) electrons. The largest absolute Gasteiger partial charge is 0.497 e. The minimum absolute atomic E-state index is 0.0248. The number of amides is 1. The van der Waals surface area contributed by atoms with Gasteiger partial charge >= 0.3 is 11.9 Å². The molecule has 1 aliphatic heterocycles. The van der Waals surface area contributed by atoms with Gasteiger partial charge in [-0.1, -0.05) is 19.1 Å². The molecule has 1 unspecified atom stereocenters. The van der Waals surface area contributed by atoms with Crippen molar-refractivity contribution in [2.24, 2.45) is 5.92 Å². The Balaban J connectivity index is 2.08. The predicted octanol–water partition coefficient (Wildman–Crippen LogP) is 2.15. The molecule has 25 heavy (non-hydrogen) atoms. The van der Waals surface area contributed by atoms with Gasteiger partial charge in [-0.15, -0.1) is 0 Å².